The van der Waals surface area contributed by atoms with Crippen LogP contribution < -0.4 is 0 Å². The lowest BCUT2D eigenvalue weighted by atomic mass is 9.98. The quantitative estimate of drug-likeness (QED) is 0.732. The van der Waals surface area contributed by atoms with Crippen LogP contribution >= 0.6 is 11.6 Å². The van der Waals surface area contributed by atoms with E-state index in [9.17, 15) is 0 Å². The Labute approximate surface area is 94.7 Å². The van der Waals surface area contributed by atoms with E-state index < -0.39 is 0 Å². The summed E-state index contributed by atoms with van der Waals surface area (Å²) in [7, 11) is 1.57. The fourth-order valence-corrected chi connectivity index (χ4v) is 1.49. The zero-order chi connectivity index (χ0) is 11.3. The molecule has 1 rings (SSSR count). The lowest BCUT2D eigenvalue weighted by molar-refractivity contribution is 0.275. The second kappa shape index (κ2) is 5.43. The number of allylic oxidation sites excluding steroid dienone is 2. The Morgan fingerprint density at radius 1 is 1.47 bits per heavy atom. The summed E-state index contributed by atoms with van der Waals surface area (Å²) < 4.78 is 5.14. The molecule has 0 saturated carbocycles. The van der Waals surface area contributed by atoms with Gasteiger partial charge in [-0.15, -0.1) is 0 Å². The molecule has 2 nitrogen and oxygen atoms in total. The largest absolute Gasteiger partial charge is 0.500 e. The molecular formula is C12H12ClNO. The summed E-state index contributed by atoms with van der Waals surface area (Å²) in [6.07, 6.45) is 1.79. The molecule has 1 aromatic rings. The maximum absolute atomic E-state index is 9.08. The molecule has 1 unspecified atom stereocenters. The van der Waals surface area contributed by atoms with E-state index in [1.165, 1.54) is 0 Å². The number of rotatable bonds is 3. The number of benzene rings is 1. The van der Waals surface area contributed by atoms with Crippen LogP contribution in [0.1, 0.15) is 18.4 Å². The van der Waals surface area contributed by atoms with Crippen LogP contribution in [0, 0.1) is 11.3 Å². The van der Waals surface area contributed by atoms with Crippen molar-refractivity contribution in [2.45, 2.75) is 12.8 Å². The first kappa shape index (κ1) is 11.6. The van der Waals surface area contributed by atoms with Crippen molar-refractivity contribution < 1.29 is 4.74 Å². The molecule has 0 radical (unpaired) electrons. The van der Waals surface area contributed by atoms with E-state index in [-0.39, 0.29) is 5.92 Å². The van der Waals surface area contributed by atoms with Gasteiger partial charge in [0.1, 0.15) is 11.7 Å². The van der Waals surface area contributed by atoms with Crippen LogP contribution in [0.2, 0.25) is 5.02 Å². The van der Waals surface area contributed by atoms with Gasteiger partial charge in [0.15, 0.2) is 0 Å². The summed E-state index contributed by atoms with van der Waals surface area (Å²) in [4.78, 5) is 0. The van der Waals surface area contributed by atoms with Crippen molar-refractivity contribution in [3.63, 3.8) is 0 Å². The number of halogens is 1. The van der Waals surface area contributed by atoms with Gasteiger partial charge in [-0.05, 0) is 30.7 Å². The summed E-state index contributed by atoms with van der Waals surface area (Å²) in [5.74, 6) is 0.289. The van der Waals surface area contributed by atoms with Crippen LogP contribution in [0.4, 0.5) is 0 Å². The molecule has 0 saturated heterocycles. The summed E-state index contributed by atoms with van der Waals surface area (Å²) >= 11 is 5.78. The number of ether oxygens (including phenoxy) is 1. The first-order valence-corrected chi connectivity index (χ1v) is 4.96. The lowest BCUT2D eigenvalue weighted by Crippen LogP contribution is -2.01. The van der Waals surface area contributed by atoms with Crippen molar-refractivity contribution in [3.05, 3.63) is 46.7 Å². The second-order valence-electron chi connectivity index (χ2n) is 3.01. The van der Waals surface area contributed by atoms with Gasteiger partial charge in [0.25, 0.3) is 0 Å². The number of hydrogen-bond acceptors (Lipinski definition) is 2. The van der Waals surface area contributed by atoms with Crippen LogP contribution in [-0.4, -0.2) is 7.11 Å². The lowest BCUT2D eigenvalue weighted by Gasteiger charge is -2.12. The first-order valence-electron chi connectivity index (χ1n) is 4.58. The molecule has 0 aliphatic heterocycles. The van der Waals surface area contributed by atoms with E-state index in [1.807, 2.05) is 19.1 Å². The molecule has 3 heteroatoms. The molecule has 0 aliphatic rings. The van der Waals surface area contributed by atoms with Crippen molar-refractivity contribution >= 4 is 11.6 Å². The normalized spacial score (nSPS) is 13.1. The van der Waals surface area contributed by atoms with Gasteiger partial charge in [-0.1, -0.05) is 23.7 Å². The van der Waals surface area contributed by atoms with E-state index >= 15 is 0 Å². The summed E-state index contributed by atoms with van der Waals surface area (Å²) in [6.45, 7) is 1.85. The van der Waals surface area contributed by atoms with E-state index in [0.29, 0.717) is 10.8 Å². The number of nitriles is 1. The van der Waals surface area contributed by atoms with Crippen molar-refractivity contribution in [2.75, 3.05) is 7.11 Å². The Morgan fingerprint density at radius 3 is 2.47 bits per heavy atom. The summed E-state index contributed by atoms with van der Waals surface area (Å²) in [5.41, 5.74) is 0.886. The maximum Gasteiger partial charge on any atom is 0.128 e. The Kier molecular flexibility index (Phi) is 4.20. The van der Waals surface area contributed by atoms with E-state index in [4.69, 9.17) is 21.6 Å². The third kappa shape index (κ3) is 2.74. The van der Waals surface area contributed by atoms with Crippen molar-refractivity contribution in [3.8, 4) is 6.07 Å². The smallest absolute Gasteiger partial charge is 0.128 e. The van der Waals surface area contributed by atoms with Crippen molar-refractivity contribution in [2.24, 2.45) is 0 Å². The Bertz CT molecular complexity index is 389. The second-order valence-corrected chi connectivity index (χ2v) is 3.45. The van der Waals surface area contributed by atoms with Gasteiger partial charge >= 0.3 is 0 Å². The minimum Gasteiger partial charge on any atom is -0.500 e. The Balaban J connectivity index is 3.04. The predicted octanol–water partition coefficient (Wildman–Crippen LogP) is 3.50. The van der Waals surface area contributed by atoms with Crippen LogP contribution in [0.15, 0.2) is 36.1 Å². The fraction of sp³-hybridized carbons (Fsp3) is 0.250. The molecule has 0 spiro atoms. The number of hydrogen-bond donors (Lipinski definition) is 0. The predicted molar refractivity (Wildman–Crippen MR) is 60.6 cm³/mol. The van der Waals surface area contributed by atoms with Gasteiger partial charge in [0.05, 0.1) is 13.2 Å². The fourth-order valence-electron chi connectivity index (χ4n) is 1.36. The summed E-state index contributed by atoms with van der Waals surface area (Å²) in [6, 6.07) is 9.40. The minimum absolute atomic E-state index is 0.364. The Hall–Kier alpha value is -1.46. The molecule has 0 amide bonds. The average molecular weight is 222 g/mol. The van der Waals surface area contributed by atoms with Crippen LogP contribution in [0.25, 0.3) is 0 Å². The molecule has 0 aromatic heterocycles. The highest BCUT2D eigenvalue weighted by atomic mass is 35.5. The van der Waals surface area contributed by atoms with Gasteiger partial charge in [-0.2, -0.15) is 5.26 Å². The molecule has 0 aliphatic carbocycles. The van der Waals surface area contributed by atoms with E-state index in [0.717, 1.165) is 5.56 Å². The highest BCUT2D eigenvalue weighted by molar-refractivity contribution is 6.30. The maximum atomic E-state index is 9.08. The van der Waals surface area contributed by atoms with Gasteiger partial charge in [0.2, 0.25) is 0 Å². The minimum atomic E-state index is -0.364. The molecule has 0 fully saturated rings. The average Bonchev–Trinajstić information content (AvgIpc) is 2.27. The molecule has 78 valence electrons. The molecule has 1 atom stereocenters. The highest BCUT2D eigenvalue weighted by Gasteiger charge is 2.15. The van der Waals surface area contributed by atoms with E-state index in [2.05, 4.69) is 6.07 Å². The highest BCUT2D eigenvalue weighted by Crippen LogP contribution is 2.25. The van der Waals surface area contributed by atoms with Crippen molar-refractivity contribution in [1.29, 1.82) is 5.26 Å². The number of nitrogens with zero attached hydrogens (tertiary/aromatic N) is 1. The molecule has 15 heavy (non-hydrogen) atoms. The SMILES string of the molecule is C/C=C(\OC)C(C#N)c1ccc(Cl)cc1. The zero-order valence-corrected chi connectivity index (χ0v) is 9.45. The van der Waals surface area contributed by atoms with Crippen molar-refractivity contribution in [1.82, 2.24) is 0 Å². The molecular weight excluding hydrogens is 210 g/mol. The van der Waals surface area contributed by atoms with Gasteiger partial charge in [0, 0.05) is 5.02 Å². The molecule has 0 N–H and O–H groups in total. The Morgan fingerprint density at radius 2 is 2.07 bits per heavy atom. The third-order valence-electron chi connectivity index (χ3n) is 2.14. The molecule has 0 heterocycles. The number of methoxy groups -OCH3 is 1. The summed E-state index contributed by atoms with van der Waals surface area (Å²) in [5, 5.41) is 9.74. The monoisotopic (exact) mass is 221 g/mol. The zero-order valence-electron chi connectivity index (χ0n) is 8.70. The molecule has 0 bridgehead atoms. The van der Waals surface area contributed by atoms with Crippen LogP contribution in [0.3, 0.4) is 0 Å². The van der Waals surface area contributed by atoms with Gasteiger partial charge < -0.3 is 4.74 Å². The molecule has 1 aromatic carbocycles. The first-order chi connectivity index (χ1) is 7.22. The van der Waals surface area contributed by atoms with Crippen LogP contribution in [0.5, 0.6) is 0 Å². The standard InChI is InChI=1S/C12H12ClNO/c1-3-12(15-2)11(8-14)9-4-6-10(13)7-5-9/h3-7,11H,1-2H3/b12-3-. The topological polar surface area (TPSA) is 33.0 Å². The van der Waals surface area contributed by atoms with Gasteiger partial charge in [-0.3, -0.25) is 0 Å². The van der Waals surface area contributed by atoms with Gasteiger partial charge in [-0.25, -0.2) is 0 Å². The van der Waals surface area contributed by atoms with E-state index in [1.54, 1.807) is 25.3 Å². The third-order valence-corrected chi connectivity index (χ3v) is 2.39. The van der Waals surface area contributed by atoms with Crippen LogP contribution in [-0.2, 0) is 4.74 Å².